The zero-order valence-corrected chi connectivity index (χ0v) is 11.0. The van der Waals surface area contributed by atoms with E-state index in [9.17, 15) is 5.11 Å². The van der Waals surface area contributed by atoms with E-state index in [0.717, 1.165) is 11.5 Å². The van der Waals surface area contributed by atoms with E-state index in [0.29, 0.717) is 6.61 Å². The van der Waals surface area contributed by atoms with Crippen LogP contribution < -0.4 is 4.74 Å². The molecule has 1 aromatic carbocycles. The Bertz CT molecular complexity index is 295. The van der Waals surface area contributed by atoms with Gasteiger partial charge in [-0.2, -0.15) is 11.8 Å². The lowest BCUT2D eigenvalue weighted by atomic mass is 10.2. The van der Waals surface area contributed by atoms with Gasteiger partial charge < -0.3 is 9.84 Å². The normalized spacial score (nSPS) is 14.5. The van der Waals surface area contributed by atoms with Gasteiger partial charge in [0.25, 0.3) is 0 Å². The largest absolute Gasteiger partial charge is 0.494 e. The van der Waals surface area contributed by atoms with Gasteiger partial charge in [0.1, 0.15) is 5.75 Å². The number of thioether (sulfide) groups is 1. The quantitative estimate of drug-likeness (QED) is 0.828. The Morgan fingerprint density at radius 1 is 1.25 bits per heavy atom. The molecule has 90 valence electrons. The Labute approximate surface area is 102 Å². The minimum absolute atomic E-state index is 0.257. The summed E-state index contributed by atoms with van der Waals surface area (Å²) in [7, 11) is 0. The van der Waals surface area contributed by atoms with Crippen LogP contribution in [0.4, 0.5) is 0 Å². The molecule has 2 unspecified atom stereocenters. The molecule has 0 aromatic heterocycles. The maximum absolute atomic E-state index is 9.37. The lowest BCUT2D eigenvalue weighted by Crippen LogP contribution is -2.15. The number of hydrogen-bond donors (Lipinski definition) is 1. The van der Waals surface area contributed by atoms with Gasteiger partial charge in [-0.1, -0.05) is 19.1 Å². The second kappa shape index (κ2) is 6.81. The van der Waals surface area contributed by atoms with Crippen LogP contribution in [0.2, 0.25) is 0 Å². The molecule has 0 amide bonds. The first kappa shape index (κ1) is 13.4. The molecule has 0 aliphatic rings. The molecule has 2 nitrogen and oxygen atoms in total. The fraction of sp³-hybridized carbons (Fsp3) is 0.538. The summed E-state index contributed by atoms with van der Waals surface area (Å²) >= 11 is 1.77. The Hall–Kier alpha value is -0.670. The van der Waals surface area contributed by atoms with Crippen LogP contribution in [0.15, 0.2) is 24.3 Å². The van der Waals surface area contributed by atoms with Crippen molar-refractivity contribution in [2.45, 2.75) is 37.9 Å². The van der Waals surface area contributed by atoms with E-state index >= 15 is 0 Å². The maximum Gasteiger partial charge on any atom is 0.119 e. The van der Waals surface area contributed by atoms with Crippen LogP contribution in [-0.2, 0) is 5.75 Å². The van der Waals surface area contributed by atoms with E-state index in [1.165, 1.54) is 5.56 Å². The molecule has 0 spiro atoms. The first-order valence-electron chi connectivity index (χ1n) is 5.65. The molecular weight excluding hydrogens is 220 g/mol. The Morgan fingerprint density at radius 3 is 2.38 bits per heavy atom. The Balaban J connectivity index is 2.43. The summed E-state index contributed by atoms with van der Waals surface area (Å²) in [5.74, 6) is 1.85. The Kier molecular flexibility index (Phi) is 5.71. The van der Waals surface area contributed by atoms with Crippen molar-refractivity contribution >= 4 is 11.8 Å². The van der Waals surface area contributed by atoms with Gasteiger partial charge in [-0.3, -0.25) is 0 Å². The van der Waals surface area contributed by atoms with Gasteiger partial charge in [0, 0.05) is 11.0 Å². The molecule has 1 N–H and O–H groups in total. The minimum Gasteiger partial charge on any atom is -0.494 e. The predicted molar refractivity (Wildman–Crippen MR) is 70.0 cm³/mol. The van der Waals surface area contributed by atoms with Crippen LogP contribution in [-0.4, -0.2) is 23.1 Å². The van der Waals surface area contributed by atoms with E-state index < -0.39 is 0 Å². The fourth-order valence-electron chi connectivity index (χ4n) is 1.22. The summed E-state index contributed by atoms with van der Waals surface area (Å²) in [4.78, 5) is 0. The van der Waals surface area contributed by atoms with Gasteiger partial charge >= 0.3 is 0 Å². The van der Waals surface area contributed by atoms with Crippen LogP contribution in [0.3, 0.4) is 0 Å². The summed E-state index contributed by atoms with van der Waals surface area (Å²) in [6.45, 7) is 6.56. The van der Waals surface area contributed by atoms with E-state index in [1.54, 1.807) is 11.8 Å². The first-order chi connectivity index (χ1) is 7.63. The van der Waals surface area contributed by atoms with Crippen molar-refractivity contribution in [3.8, 4) is 5.75 Å². The van der Waals surface area contributed by atoms with Gasteiger partial charge in [-0.25, -0.2) is 0 Å². The van der Waals surface area contributed by atoms with Crippen molar-refractivity contribution in [2.75, 3.05) is 6.61 Å². The van der Waals surface area contributed by atoms with Crippen molar-refractivity contribution in [2.24, 2.45) is 0 Å². The van der Waals surface area contributed by atoms with Crippen molar-refractivity contribution in [1.82, 2.24) is 0 Å². The molecule has 0 aliphatic heterocycles. The molecule has 1 aromatic rings. The SMILES string of the molecule is CCOc1ccc(CSC(C)C(C)O)cc1. The van der Waals surface area contributed by atoms with Crippen LogP contribution in [0.5, 0.6) is 5.75 Å². The summed E-state index contributed by atoms with van der Waals surface area (Å²) in [5.41, 5.74) is 1.26. The summed E-state index contributed by atoms with van der Waals surface area (Å²) in [5, 5.41) is 9.64. The van der Waals surface area contributed by atoms with Crippen molar-refractivity contribution in [3.05, 3.63) is 29.8 Å². The first-order valence-corrected chi connectivity index (χ1v) is 6.69. The highest BCUT2D eigenvalue weighted by Gasteiger charge is 2.08. The highest BCUT2D eigenvalue weighted by Crippen LogP contribution is 2.21. The lowest BCUT2D eigenvalue weighted by molar-refractivity contribution is 0.196. The zero-order chi connectivity index (χ0) is 12.0. The summed E-state index contributed by atoms with van der Waals surface area (Å²) < 4.78 is 5.38. The third-order valence-electron chi connectivity index (χ3n) is 2.43. The van der Waals surface area contributed by atoms with Gasteiger partial charge in [-0.15, -0.1) is 0 Å². The smallest absolute Gasteiger partial charge is 0.119 e. The molecule has 0 saturated carbocycles. The topological polar surface area (TPSA) is 29.5 Å². The monoisotopic (exact) mass is 240 g/mol. The average molecular weight is 240 g/mol. The van der Waals surface area contributed by atoms with Crippen LogP contribution in [0.1, 0.15) is 26.3 Å². The second-order valence-corrected chi connectivity index (χ2v) is 5.20. The predicted octanol–water partition coefficient (Wildman–Crippen LogP) is 3.09. The Morgan fingerprint density at radius 2 is 1.88 bits per heavy atom. The lowest BCUT2D eigenvalue weighted by Gasteiger charge is -2.14. The standard InChI is InChI=1S/C13H20O2S/c1-4-15-13-7-5-12(6-8-13)9-16-11(3)10(2)14/h5-8,10-11,14H,4,9H2,1-3H3. The third-order valence-corrected chi connectivity index (χ3v) is 3.85. The van der Waals surface area contributed by atoms with Crippen molar-refractivity contribution < 1.29 is 9.84 Å². The molecule has 0 saturated heterocycles. The highest BCUT2D eigenvalue weighted by atomic mass is 32.2. The number of ether oxygens (including phenoxy) is 1. The fourth-order valence-corrected chi connectivity index (χ4v) is 2.14. The molecule has 16 heavy (non-hydrogen) atoms. The second-order valence-electron chi connectivity index (χ2n) is 3.83. The number of benzene rings is 1. The van der Waals surface area contributed by atoms with Gasteiger partial charge in [-0.05, 0) is 31.5 Å². The molecule has 0 fully saturated rings. The highest BCUT2D eigenvalue weighted by molar-refractivity contribution is 7.99. The molecule has 0 bridgehead atoms. The van der Waals surface area contributed by atoms with E-state index in [1.807, 2.05) is 32.9 Å². The van der Waals surface area contributed by atoms with E-state index in [-0.39, 0.29) is 11.4 Å². The molecule has 3 heteroatoms. The number of hydrogen-bond acceptors (Lipinski definition) is 3. The number of rotatable bonds is 6. The minimum atomic E-state index is -0.257. The third kappa shape index (κ3) is 4.45. The molecular formula is C13H20O2S. The van der Waals surface area contributed by atoms with Crippen molar-refractivity contribution in [3.63, 3.8) is 0 Å². The molecule has 2 atom stereocenters. The summed E-state index contributed by atoms with van der Waals surface area (Å²) in [6.07, 6.45) is -0.257. The molecule has 0 radical (unpaired) electrons. The van der Waals surface area contributed by atoms with E-state index in [4.69, 9.17) is 4.74 Å². The van der Waals surface area contributed by atoms with Crippen LogP contribution in [0.25, 0.3) is 0 Å². The molecule has 0 heterocycles. The van der Waals surface area contributed by atoms with Gasteiger partial charge in [0.2, 0.25) is 0 Å². The van der Waals surface area contributed by atoms with Crippen LogP contribution >= 0.6 is 11.8 Å². The van der Waals surface area contributed by atoms with E-state index in [2.05, 4.69) is 12.1 Å². The number of aliphatic hydroxyl groups excluding tert-OH is 1. The van der Waals surface area contributed by atoms with Crippen molar-refractivity contribution in [1.29, 1.82) is 0 Å². The maximum atomic E-state index is 9.37. The zero-order valence-electron chi connectivity index (χ0n) is 10.1. The number of aliphatic hydroxyl groups is 1. The molecule has 1 rings (SSSR count). The average Bonchev–Trinajstić information content (AvgIpc) is 2.28. The van der Waals surface area contributed by atoms with Gasteiger partial charge in [0.05, 0.1) is 12.7 Å². The van der Waals surface area contributed by atoms with Crippen LogP contribution in [0, 0.1) is 0 Å². The summed E-state index contributed by atoms with van der Waals surface area (Å²) in [6, 6.07) is 8.14. The molecule has 0 aliphatic carbocycles. The van der Waals surface area contributed by atoms with Gasteiger partial charge in [0.15, 0.2) is 0 Å².